The molecule has 0 saturated heterocycles. The van der Waals surface area contributed by atoms with Crippen molar-refractivity contribution in [2.45, 2.75) is 0 Å². The summed E-state index contributed by atoms with van der Waals surface area (Å²) in [5.74, 6) is 0. The van der Waals surface area contributed by atoms with Crippen LogP contribution in [0.1, 0.15) is 0 Å². The van der Waals surface area contributed by atoms with E-state index in [0.717, 1.165) is 33.1 Å². The van der Waals surface area contributed by atoms with Gasteiger partial charge in [0.2, 0.25) is 0 Å². The van der Waals surface area contributed by atoms with E-state index in [2.05, 4.69) is 194 Å². The van der Waals surface area contributed by atoms with E-state index in [4.69, 9.17) is 4.42 Å². The van der Waals surface area contributed by atoms with E-state index in [9.17, 15) is 0 Å². The highest BCUT2D eigenvalue weighted by molar-refractivity contribution is 7.25. The van der Waals surface area contributed by atoms with Crippen molar-refractivity contribution in [3.8, 4) is 33.4 Å². The molecule has 2 aromatic heterocycles. The highest BCUT2D eigenvalue weighted by Gasteiger charge is 2.22. The Morgan fingerprint density at radius 3 is 1.47 bits per heavy atom. The summed E-state index contributed by atoms with van der Waals surface area (Å²) in [6, 6.07) is 71.4. The van der Waals surface area contributed by atoms with E-state index in [1.807, 2.05) is 11.3 Å². The molecule has 13 rings (SSSR count). The van der Waals surface area contributed by atoms with Crippen LogP contribution in [-0.2, 0) is 0 Å². The predicted octanol–water partition coefficient (Wildman–Crippen LogP) is 16.7. The smallest absolute Gasteiger partial charge is 0.143 e. The van der Waals surface area contributed by atoms with E-state index < -0.39 is 0 Å². The molecule has 13 aromatic rings. The summed E-state index contributed by atoms with van der Waals surface area (Å²) in [6.07, 6.45) is 0. The van der Waals surface area contributed by atoms with Gasteiger partial charge in [-0.1, -0.05) is 170 Å². The lowest BCUT2D eigenvalue weighted by Gasteiger charge is -2.18. The Kier molecular flexibility index (Phi) is 6.66. The standard InChI is InChI=1S/C56H32OS/c1-2-17-37-33(14-1)31-48-54-42-21-5-3-18-38(42)39-19-4-10-26-47(39)55(54)57-56(48)53(37)35-16-13-15-34(30-35)51-43-22-6-8-24-45(43)52(46-25-9-7-23-44(46)51)36-28-29-41-40-20-11-12-27-49(40)58-50(41)32-36/h1-32H. The summed E-state index contributed by atoms with van der Waals surface area (Å²) < 4.78 is 9.81. The highest BCUT2D eigenvalue weighted by atomic mass is 32.1. The zero-order valence-corrected chi connectivity index (χ0v) is 32.1. The molecule has 0 unspecified atom stereocenters. The molecule has 58 heavy (non-hydrogen) atoms. The van der Waals surface area contributed by atoms with Crippen LogP contribution in [0.5, 0.6) is 0 Å². The molecule has 0 aliphatic carbocycles. The Bertz CT molecular complexity index is 3810. The molecule has 0 aliphatic heterocycles. The Morgan fingerprint density at radius 1 is 0.276 bits per heavy atom. The molecule has 0 radical (unpaired) electrons. The van der Waals surface area contributed by atoms with Crippen molar-refractivity contribution >= 4 is 107 Å². The molecule has 0 spiro atoms. The fraction of sp³-hybridized carbons (Fsp3) is 0. The van der Waals surface area contributed by atoms with Gasteiger partial charge >= 0.3 is 0 Å². The van der Waals surface area contributed by atoms with Crippen molar-refractivity contribution in [1.82, 2.24) is 0 Å². The fourth-order valence-electron chi connectivity index (χ4n) is 9.95. The Hall–Kier alpha value is -7.26. The second kappa shape index (κ2) is 12.1. The second-order valence-corrected chi connectivity index (χ2v) is 16.6. The summed E-state index contributed by atoms with van der Waals surface area (Å²) in [7, 11) is 0. The maximum absolute atomic E-state index is 7.17. The molecule has 0 atom stereocenters. The van der Waals surface area contributed by atoms with Crippen molar-refractivity contribution in [3.05, 3.63) is 194 Å². The minimum atomic E-state index is 0.925. The van der Waals surface area contributed by atoms with E-state index in [1.54, 1.807) is 0 Å². The van der Waals surface area contributed by atoms with Gasteiger partial charge in [-0.2, -0.15) is 0 Å². The number of furan rings is 1. The normalized spacial score (nSPS) is 12.1. The third-order valence-electron chi connectivity index (χ3n) is 12.4. The van der Waals surface area contributed by atoms with E-state index in [1.165, 1.54) is 96.3 Å². The summed E-state index contributed by atoms with van der Waals surface area (Å²) >= 11 is 1.88. The van der Waals surface area contributed by atoms with Gasteiger partial charge in [0.25, 0.3) is 0 Å². The first-order chi connectivity index (χ1) is 28.8. The summed E-state index contributed by atoms with van der Waals surface area (Å²) in [4.78, 5) is 0. The number of rotatable bonds is 3. The van der Waals surface area contributed by atoms with Crippen LogP contribution in [0.4, 0.5) is 0 Å². The van der Waals surface area contributed by atoms with Crippen LogP contribution in [0.3, 0.4) is 0 Å². The summed E-state index contributed by atoms with van der Waals surface area (Å²) in [6.45, 7) is 0. The Labute approximate surface area is 337 Å². The largest absolute Gasteiger partial charge is 0.455 e. The molecule has 1 nitrogen and oxygen atoms in total. The minimum absolute atomic E-state index is 0.925. The zero-order valence-electron chi connectivity index (χ0n) is 31.3. The van der Waals surface area contributed by atoms with Gasteiger partial charge in [0, 0.05) is 41.9 Å². The van der Waals surface area contributed by atoms with Crippen LogP contribution >= 0.6 is 11.3 Å². The van der Waals surface area contributed by atoms with Gasteiger partial charge in [-0.05, 0) is 101 Å². The lowest BCUT2D eigenvalue weighted by Crippen LogP contribution is -1.91. The van der Waals surface area contributed by atoms with Gasteiger partial charge < -0.3 is 4.42 Å². The summed E-state index contributed by atoms with van der Waals surface area (Å²) in [5, 5.41) is 17.2. The number of thiophene rings is 1. The van der Waals surface area contributed by atoms with Gasteiger partial charge in [0.1, 0.15) is 11.2 Å². The van der Waals surface area contributed by atoms with Gasteiger partial charge in [0.05, 0.1) is 0 Å². The third kappa shape index (κ3) is 4.46. The number of hydrogen-bond acceptors (Lipinski definition) is 2. The number of hydrogen-bond donors (Lipinski definition) is 0. The van der Waals surface area contributed by atoms with Crippen LogP contribution in [0, 0.1) is 0 Å². The van der Waals surface area contributed by atoms with Crippen LogP contribution < -0.4 is 0 Å². The molecule has 268 valence electrons. The first-order valence-corrected chi connectivity index (χ1v) is 20.7. The summed E-state index contributed by atoms with van der Waals surface area (Å²) in [5.41, 5.74) is 9.09. The molecular weight excluding hydrogens is 721 g/mol. The highest BCUT2D eigenvalue weighted by Crippen LogP contribution is 2.49. The quantitative estimate of drug-likeness (QED) is 0.129. The Morgan fingerprint density at radius 2 is 0.776 bits per heavy atom. The molecule has 2 heterocycles. The van der Waals surface area contributed by atoms with Crippen LogP contribution in [0.2, 0.25) is 0 Å². The van der Waals surface area contributed by atoms with E-state index >= 15 is 0 Å². The SMILES string of the molecule is c1cc(-c2c3ccccc3c(-c3ccc4c(c3)sc3ccccc34)c3ccccc23)cc(-c2c3ccccc3cc3c2oc2c4ccccc4c4ccccc4c32)c1. The van der Waals surface area contributed by atoms with E-state index in [-0.39, 0.29) is 0 Å². The van der Waals surface area contributed by atoms with Gasteiger partial charge in [-0.15, -0.1) is 11.3 Å². The van der Waals surface area contributed by atoms with Crippen LogP contribution in [0.25, 0.3) is 129 Å². The molecule has 0 saturated carbocycles. The Balaban J connectivity index is 1.09. The average Bonchev–Trinajstić information content (AvgIpc) is 3.86. The van der Waals surface area contributed by atoms with Crippen molar-refractivity contribution < 1.29 is 4.42 Å². The molecule has 0 aliphatic rings. The fourth-order valence-corrected chi connectivity index (χ4v) is 11.1. The van der Waals surface area contributed by atoms with Crippen LogP contribution in [-0.4, -0.2) is 0 Å². The third-order valence-corrected chi connectivity index (χ3v) is 13.5. The lowest BCUT2D eigenvalue weighted by molar-refractivity contribution is 0.674. The monoisotopic (exact) mass is 752 g/mol. The van der Waals surface area contributed by atoms with Crippen molar-refractivity contribution in [2.24, 2.45) is 0 Å². The van der Waals surface area contributed by atoms with Crippen molar-refractivity contribution in [3.63, 3.8) is 0 Å². The molecular formula is C56H32OS. The van der Waals surface area contributed by atoms with Gasteiger partial charge in [-0.3, -0.25) is 0 Å². The molecule has 0 amide bonds. The molecule has 11 aromatic carbocycles. The molecule has 2 heteroatoms. The topological polar surface area (TPSA) is 13.1 Å². The maximum Gasteiger partial charge on any atom is 0.143 e. The second-order valence-electron chi connectivity index (χ2n) is 15.5. The van der Waals surface area contributed by atoms with Gasteiger partial charge in [0.15, 0.2) is 0 Å². The van der Waals surface area contributed by atoms with Crippen molar-refractivity contribution in [2.75, 3.05) is 0 Å². The van der Waals surface area contributed by atoms with Crippen LogP contribution in [0.15, 0.2) is 199 Å². The average molecular weight is 753 g/mol. The predicted molar refractivity (Wildman–Crippen MR) is 250 cm³/mol. The molecule has 0 bridgehead atoms. The number of benzene rings is 11. The first-order valence-electron chi connectivity index (χ1n) is 19.9. The molecule has 0 N–H and O–H groups in total. The maximum atomic E-state index is 7.17. The number of fused-ring (bicyclic) bond motifs is 14. The van der Waals surface area contributed by atoms with Crippen molar-refractivity contribution in [1.29, 1.82) is 0 Å². The first kappa shape index (κ1) is 31.9. The van der Waals surface area contributed by atoms with Gasteiger partial charge in [-0.25, -0.2) is 0 Å². The molecule has 0 fully saturated rings. The zero-order chi connectivity index (χ0) is 37.9. The lowest BCUT2D eigenvalue weighted by atomic mass is 9.85. The van der Waals surface area contributed by atoms with E-state index in [0.29, 0.717) is 0 Å². The minimum Gasteiger partial charge on any atom is -0.455 e.